The lowest BCUT2D eigenvalue weighted by atomic mass is 10.0. The van der Waals surface area contributed by atoms with Gasteiger partial charge in [0.15, 0.2) is 0 Å². The molecule has 1 aliphatic rings. The van der Waals surface area contributed by atoms with Gasteiger partial charge < -0.3 is 0 Å². The highest BCUT2D eigenvalue weighted by atomic mass is 35.5. The fraction of sp³-hybridized carbons (Fsp3) is 0.889. The van der Waals surface area contributed by atoms with Crippen molar-refractivity contribution in [2.24, 2.45) is 0 Å². The van der Waals surface area contributed by atoms with Crippen LogP contribution >= 0.6 is 23.4 Å². The lowest BCUT2D eigenvalue weighted by Crippen LogP contribution is -2.09. The zero-order valence-electron chi connectivity index (χ0n) is 7.22. The lowest BCUT2D eigenvalue weighted by Gasteiger charge is -2.20. The van der Waals surface area contributed by atoms with Crippen molar-refractivity contribution in [3.05, 3.63) is 0 Å². The van der Waals surface area contributed by atoms with Gasteiger partial charge in [0.2, 0.25) is 5.24 Å². The van der Waals surface area contributed by atoms with Crippen molar-refractivity contribution in [2.75, 3.05) is 5.75 Å². The highest BCUT2D eigenvalue weighted by Crippen LogP contribution is 2.28. The first-order chi connectivity index (χ1) is 5.79. The van der Waals surface area contributed by atoms with Gasteiger partial charge in [-0.05, 0) is 24.4 Å². The molecule has 0 aromatic carbocycles. The van der Waals surface area contributed by atoms with Gasteiger partial charge in [0.1, 0.15) is 0 Å². The van der Waals surface area contributed by atoms with E-state index >= 15 is 0 Å². The van der Waals surface area contributed by atoms with Crippen molar-refractivity contribution in [2.45, 2.75) is 43.8 Å². The molecule has 0 heterocycles. The second-order valence-corrected chi connectivity index (χ2v) is 5.07. The summed E-state index contributed by atoms with van der Waals surface area (Å²) in [7, 11) is 0. The Hall–Kier alpha value is 0.310. The Morgan fingerprint density at radius 3 is 2.58 bits per heavy atom. The Bertz CT molecular complexity index is 143. The molecule has 0 radical (unpaired) electrons. The standard InChI is InChI=1S/C9H15ClOS/c10-9(11)6-7-12-8-4-2-1-3-5-8/h8H,1-7H2. The van der Waals surface area contributed by atoms with E-state index in [1.165, 1.54) is 32.1 Å². The molecule has 12 heavy (non-hydrogen) atoms. The van der Waals surface area contributed by atoms with Crippen LogP contribution in [0.25, 0.3) is 0 Å². The molecule has 0 saturated heterocycles. The zero-order chi connectivity index (χ0) is 8.81. The van der Waals surface area contributed by atoms with Crippen molar-refractivity contribution in [3.8, 4) is 0 Å². The van der Waals surface area contributed by atoms with Gasteiger partial charge in [-0.25, -0.2) is 0 Å². The second-order valence-electron chi connectivity index (χ2n) is 3.24. The van der Waals surface area contributed by atoms with E-state index in [9.17, 15) is 4.79 Å². The molecule has 3 heteroatoms. The molecule has 0 aromatic heterocycles. The third kappa shape index (κ3) is 4.36. The van der Waals surface area contributed by atoms with Crippen LogP contribution in [-0.4, -0.2) is 16.2 Å². The number of hydrogen-bond acceptors (Lipinski definition) is 2. The maximum absolute atomic E-state index is 10.4. The van der Waals surface area contributed by atoms with Gasteiger partial charge in [-0.3, -0.25) is 4.79 Å². The molecule has 1 saturated carbocycles. The van der Waals surface area contributed by atoms with Gasteiger partial charge in [-0.1, -0.05) is 19.3 Å². The highest BCUT2D eigenvalue weighted by Gasteiger charge is 2.13. The summed E-state index contributed by atoms with van der Waals surface area (Å²) in [4.78, 5) is 10.4. The molecule has 0 N–H and O–H groups in total. The summed E-state index contributed by atoms with van der Waals surface area (Å²) >= 11 is 7.16. The Morgan fingerprint density at radius 2 is 2.00 bits per heavy atom. The smallest absolute Gasteiger partial charge is 0.222 e. The molecule has 1 aliphatic carbocycles. The molecule has 0 unspecified atom stereocenters. The molecule has 0 amide bonds. The van der Waals surface area contributed by atoms with E-state index < -0.39 is 0 Å². The zero-order valence-corrected chi connectivity index (χ0v) is 8.79. The number of thioether (sulfide) groups is 1. The number of halogens is 1. The molecular formula is C9H15ClOS. The summed E-state index contributed by atoms with van der Waals surface area (Å²) in [5.41, 5.74) is 0. The summed E-state index contributed by atoms with van der Waals surface area (Å²) < 4.78 is 0. The summed E-state index contributed by atoms with van der Waals surface area (Å²) in [6, 6.07) is 0. The van der Waals surface area contributed by atoms with Crippen LogP contribution in [0.15, 0.2) is 0 Å². The second kappa shape index (κ2) is 5.87. The summed E-state index contributed by atoms with van der Waals surface area (Å²) in [6.07, 6.45) is 7.33. The van der Waals surface area contributed by atoms with Crippen molar-refractivity contribution >= 4 is 28.6 Å². The van der Waals surface area contributed by atoms with Crippen molar-refractivity contribution < 1.29 is 4.79 Å². The first kappa shape index (κ1) is 10.4. The molecule has 0 aromatic rings. The molecule has 0 atom stereocenters. The minimum Gasteiger partial charge on any atom is -0.281 e. The third-order valence-electron chi connectivity index (χ3n) is 2.20. The van der Waals surface area contributed by atoms with Gasteiger partial charge in [0, 0.05) is 17.4 Å². The fourth-order valence-corrected chi connectivity index (χ4v) is 3.05. The Labute approximate surface area is 83.2 Å². The number of hydrogen-bond donors (Lipinski definition) is 0. The van der Waals surface area contributed by atoms with Gasteiger partial charge in [0.05, 0.1) is 0 Å². The van der Waals surface area contributed by atoms with Crippen LogP contribution in [0, 0.1) is 0 Å². The van der Waals surface area contributed by atoms with Crippen molar-refractivity contribution in [3.63, 3.8) is 0 Å². The Morgan fingerprint density at radius 1 is 1.33 bits per heavy atom. The monoisotopic (exact) mass is 206 g/mol. The van der Waals surface area contributed by atoms with E-state index in [0.717, 1.165) is 11.0 Å². The molecule has 0 bridgehead atoms. The normalized spacial score (nSPS) is 19.4. The predicted molar refractivity (Wildman–Crippen MR) is 54.8 cm³/mol. The van der Waals surface area contributed by atoms with Crippen LogP contribution in [-0.2, 0) is 4.79 Å². The predicted octanol–water partition coefficient (Wildman–Crippen LogP) is 3.21. The minimum absolute atomic E-state index is 0.196. The maximum Gasteiger partial charge on any atom is 0.222 e. The van der Waals surface area contributed by atoms with Gasteiger partial charge in [-0.2, -0.15) is 11.8 Å². The van der Waals surface area contributed by atoms with Crippen molar-refractivity contribution in [1.82, 2.24) is 0 Å². The van der Waals surface area contributed by atoms with Crippen LogP contribution in [0.2, 0.25) is 0 Å². The van der Waals surface area contributed by atoms with Gasteiger partial charge in [0.25, 0.3) is 0 Å². The van der Waals surface area contributed by atoms with Crippen LogP contribution in [0.4, 0.5) is 0 Å². The van der Waals surface area contributed by atoms with E-state index in [0.29, 0.717) is 6.42 Å². The summed E-state index contributed by atoms with van der Waals surface area (Å²) in [5.74, 6) is 0.910. The first-order valence-corrected chi connectivity index (χ1v) is 6.01. The van der Waals surface area contributed by atoms with Crippen LogP contribution < -0.4 is 0 Å². The Kier molecular flexibility index (Phi) is 5.08. The quantitative estimate of drug-likeness (QED) is 0.658. The van der Waals surface area contributed by atoms with E-state index in [2.05, 4.69) is 0 Å². The summed E-state index contributed by atoms with van der Waals surface area (Å²) in [6.45, 7) is 0. The number of rotatable bonds is 4. The molecule has 0 aliphatic heterocycles. The Balaban J connectivity index is 2.01. The lowest BCUT2D eigenvalue weighted by molar-refractivity contribution is -0.111. The number of carbonyl (C=O) groups excluding carboxylic acids is 1. The van der Waals surface area contributed by atoms with E-state index in [-0.39, 0.29) is 5.24 Å². The van der Waals surface area contributed by atoms with Gasteiger partial charge >= 0.3 is 0 Å². The SMILES string of the molecule is O=C(Cl)CCSC1CCCCC1. The largest absolute Gasteiger partial charge is 0.281 e. The minimum atomic E-state index is -0.196. The topological polar surface area (TPSA) is 17.1 Å². The first-order valence-electron chi connectivity index (χ1n) is 4.59. The van der Waals surface area contributed by atoms with Crippen LogP contribution in [0.1, 0.15) is 38.5 Å². The molecule has 1 nitrogen and oxygen atoms in total. The molecule has 1 rings (SSSR count). The van der Waals surface area contributed by atoms with Gasteiger partial charge in [-0.15, -0.1) is 0 Å². The van der Waals surface area contributed by atoms with E-state index in [1.54, 1.807) is 0 Å². The third-order valence-corrected chi connectivity index (χ3v) is 3.78. The van der Waals surface area contributed by atoms with Crippen LogP contribution in [0.5, 0.6) is 0 Å². The summed E-state index contributed by atoms with van der Waals surface area (Å²) in [5, 5.41) is 0.605. The highest BCUT2D eigenvalue weighted by molar-refractivity contribution is 7.99. The van der Waals surface area contributed by atoms with Crippen molar-refractivity contribution in [1.29, 1.82) is 0 Å². The molecular weight excluding hydrogens is 192 g/mol. The maximum atomic E-state index is 10.4. The number of carbonyl (C=O) groups is 1. The fourth-order valence-electron chi connectivity index (χ4n) is 1.54. The van der Waals surface area contributed by atoms with E-state index in [4.69, 9.17) is 11.6 Å². The molecule has 0 spiro atoms. The average molecular weight is 207 g/mol. The molecule has 70 valence electrons. The van der Waals surface area contributed by atoms with E-state index in [1.807, 2.05) is 11.8 Å². The molecule has 1 fully saturated rings. The average Bonchev–Trinajstić information content (AvgIpc) is 2.05. The van der Waals surface area contributed by atoms with Crippen LogP contribution in [0.3, 0.4) is 0 Å².